The highest BCUT2D eigenvalue weighted by Crippen LogP contribution is 2.23. The van der Waals surface area contributed by atoms with E-state index in [1.54, 1.807) is 0 Å². The Morgan fingerprint density at radius 3 is 2.80 bits per heavy atom. The van der Waals surface area contributed by atoms with Gasteiger partial charge in [-0.1, -0.05) is 12.1 Å². The molecule has 0 spiro atoms. The highest BCUT2D eigenvalue weighted by molar-refractivity contribution is 5.84. The summed E-state index contributed by atoms with van der Waals surface area (Å²) in [5.41, 5.74) is 3.30. The van der Waals surface area contributed by atoms with Crippen LogP contribution in [0.3, 0.4) is 0 Å². The van der Waals surface area contributed by atoms with Gasteiger partial charge >= 0.3 is 0 Å². The zero-order chi connectivity index (χ0) is 13.8. The summed E-state index contributed by atoms with van der Waals surface area (Å²) in [5, 5.41) is 0.910. The van der Waals surface area contributed by atoms with Gasteiger partial charge in [-0.2, -0.15) is 4.98 Å². The van der Waals surface area contributed by atoms with Crippen LogP contribution in [0.2, 0.25) is 0 Å². The molecule has 1 aliphatic rings. The first-order valence-corrected chi connectivity index (χ1v) is 6.95. The van der Waals surface area contributed by atoms with Gasteiger partial charge in [-0.15, -0.1) is 0 Å². The highest BCUT2D eigenvalue weighted by Gasteiger charge is 2.12. The molecular weight excluding hydrogens is 254 g/mol. The first-order valence-electron chi connectivity index (χ1n) is 6.95. The number of para-hydroxylation sites is 1. The summed E-state index contributed by atoms with van der Waals surface area (Å²) in [5.74, 6) is 6.36. The zero-order valence-corrected chi connectivity index (χ0v) is 11.4. The van der Waals surface area contributed by atoms with Crippen LogP contribution in [0.1, 0.15) is 12.8 Å². The monoisotopic (exact) mass is 273 g/mol. The topological polar surface area (TPSA) is 76.3 Å². The molecule has 0 radical (unpaired) electrons. The number of ether oxygens (including phenoxy) is 1. The number of nitrogens with two attached hydrogens (primary N) is 1. The number of aromatic nitrogens is 2. The summed E-state index contributed by atoms with van der Waals surface area (Å²) >= 11 is 0. The third kappa shape index (κ3) is 2.81. The van der Waals surface area contributed by atoms with E-state index >= 15 is 0 Å². The largest absolute Gasteiger partial charge is 0.476 e. The molecule has 2 aromatic rings. The molecule has 3 rings (SSSR count). The maximum absolute atomic E-state index is 5.84. The van der Waals surface area contributed by atoms with Gasteiger partial charge in [-0.05, 0) is 38.1 Å². The van der Waals surface area contributed by atoms with Crippen molar-refractivity contribution in [2.45, 2.75) is 12.8 Å². The number of hydrogen-bond donors (Lipinski definition) is 2. The van der Waals surface area contributed by atoms with Gasteiger partial charge in [-0.25, -0.2) is 10.8 Å². The van der Waals surface area contributed by atoms with Crippen molar-refractivity contribution in [2.24, 2.45) is 5.84 Å². The standard InChI is InChI=1S/C14H19N5O/c15-18-14-16-12-6-2-1-5-11(12)13(17-14)20-10-9-19-7-3-4-8-19/h1-2,5-6H,3-4,7-10,15H2,(H,16,17,18). The Bertz CT molecular complexity index is 583. The molecule has 0 atom stereocenters. The minimum absolute atomic E-state index is 0.375. The predicted molar refractivity (Wildman–Crippen MR) is 78.5 cm³/mol. The molecule has 20 heavy (non-hydrogen) atoms. The van der Waals surface area contributed by atoms with Crippen molar-refractivity contribution in [1.29, 1.82) is 0 Å². The van der Waals surface area contributed by atoms with Crippen LogP contribution < -0.4 is 16.0 Å². The summed E-state index contributed by atoms with van der Waals surface area (Å²) in [4.78, 5) is 11.0. The second-order valence-corrected chi connectivity index (χ2v) is 4.91. The fraction of sp³-hybridized carbons (Fsp3) is 0.429. The van der Waals surface area contributed by atoms with Crippen molar-refractivity contribution in [3.05, 3.63) is 24.3 Å². The molecule has 0 saturated carbocycles. The van der Waals surface area contributed by atoms with E-state index in [-0.39, 0.29) is 0 Å². The van der Waals surface area contributed by atoms with Crippen LogP contribution in [0.4, 0.5) is 5.95 Å². The third-order valence-electron chi connectivity index (χ3n) is 3.54. The number of fused-ring (bicyclic) bond motifs is 1. The van der Waals surface area contributed by atoms with Gasteiger partial charge in [0, 0.05) is 6.54 Å². The van der Waals surface area contributed by atoms with Gasteiger partial charge in [0.15, 0.2) is 0 Å². The van der Waals surface area contributed by atoms with E-state index in [1.807, 2.05) is 24.3 Å². The van der Waals surface area contributed by atoms with Crippen molar-refractivity contribution >= 4 is 16.9 Å². The van der Waals surface area contributed by atoms with Crippen molar-refractivity contribution in [3.8, 4) is 5.88 Å². The van der Waals surface area contributed by atoms with Gasteiger partial charge in [0.05, 0.1) is 10.9 Å². The molecule has 6 heteroatoms. The van der Waals surface area contributed by atoms with E-state index in [9.17, 15) is 0 Å². The van der Waals surface area contributed by atoms with Gasteiger partial charge in [0.1, 0.15) is 6.61 Å². The van der Waals surface area contributed by atoms with E-state index < -0.39 is 0 Å². The van der Waals surface area contributed by atoms with Crippen molar-refractivity contribution in [2.75, 3.05) is 31.7 Å². The van der Waals surface area contributed by atoms with Crippen LogP contribution in [0.5, 0.6) is 5.88 Å². The Morgan fingerprint density at radius 2 is 2.00 bits per heavy atom. The SMILES string of the molecule is NNc1nc(OCCN2CCCC2)c2ccccc2n1. The maximum atomic E-state index is 5.84. The molecule has 0 amide bonds. The van der Waals surface area contributed by atoms with Gasteiger partial charge in [0.25, 0.3) is 0 Å². The van der Waals surface area contributed by atoms with Gasteiger partial charge in [-0.3, -0.25) is 10.3 Å². The molecule has 3 N–H and O–H groups in total. The number of anilines is 1. The van der Waals surface area contributed by atoms with Crippen LogP contribution in [0, 0.1) is 0 Å². The zero-order valence-electron chi connectivity index (χ0n) is 11.4. The average molecular weight is 273 g/mol. The average Bonchev–Trinajstić information content (AvgIpc) is 3.00. The summed E-state index contributed by atoms with van der Waals surface area (Å²) in [7, 11) is 0. The number of nitrogens with zero attached hydrogens (tertiary/aromatic N) is 3. The number of rotatable bonds is 5. The molecule has 1 aromatic carbocycles. The van der Waals surface area contributed by atoms with E-state index in [1.165, 1.54) is 25.9 Å². The minimum Gasteiger partial charge on any atom is -0.476 e. The van der Waals surface area contributed by atoms with Crippen LogP contribution in [0.25, 0.3) is 10.9 Å². The normalized spacial score (nSPS) is 15.7. The van der Waals surface area contributed by atoms with Crippen LogP contribution in [-0.4, -0.2) is 41.1 Å². The molecule has 0 unspecified atom stereocenters. The summed E-state index contributed by atoms with van der Waals surface area (Å²) in [6.07, 6.45) is 2.58. The Balaban J connectivity index is 1.75. The summed E-state index contributed by atoms with van der Waals surface area (Å²) in [6.45, 7) is 3.90. The van der Waals surface area contributed by atoms with Crippen LogP contribution >= 0.6 is 0 Å². The number of nitrogen functional groups attached to an aromatic ring is 1. The Kier molecular flexibility index (Phi) is 3.94. The number of benzene rings is 1. The molecule has 6 nitrogen and oxygen atoms in total. The minimum atomic E-state index is 0.375. The van der Waals surface area contributed by atoms with Gasteiger partial charge in [0.2, 0.25) is 11.8 Å². The van der Waals surface area contributed by atoms with E-state index in [4.69, 9.17) is 10.6 Å². The highest BCUT2D eigenvalue weighted by atomic mass is 16.5. The number of nitrogens with one attached hydrogen (secondary N) is 1. The van der Waals surface area contributed by atoms with Crippen LogP contribution in [-0.2, 0) is 0 Å². The second kappa shape index (κ2) is 6.02. The van der Waals surface area contributed by atoms with Crippen molar-refractivity contribution < 1.29 is 4.74 Å². The quantitative estimate of drug-likeness (QED) is 0.633. The Morgan fingerprint density at radius 1 is 1.20 bits per heavy atom. The van der Waals surface area contributed by atoms with Crippen LogP contribution in [0.15, 0.2) is 24.3 Å². The fourth-order valence-electron chi connectivity index (χ4n) is 2.50. The maximum Gasteiger partial charge on any atom is 0.241 e. The first-order chi connectivity index (χ1) is 9.86. The number of hydrazine groups is 1. The number of likely N-dealkylation sites (tertiary alicyclic amines) is 1. The lowest BCUT2D eigenvalue weighted by Gasteiger charge is -2.15. The predicted octanol–water partition coefficient (Wildman–Crippen LogP) is 1.39. The molecule has 1 aliphatic heterocycles. The van der Waals surface area contributed by atoms with E-state index in [2.05, 4.69) is 20.3 Å². The molecule has 106 valence electrons. The molecule has 0 aliphatic carbocycles. The molecule has 1 saturated heterocycles. The summed E-state index contributed by atoms with van der Waals surface area (Å²) in [6, 6.07) is 7.77. The molecular formula is C14H19N5O. The number of hydrogen-bond acceptors (Lipinski definition) is 6. The lowest BCUT2D eigenvalue weighted by atomic mass is 10.2. The smallest absolute Gasteiger partial charge is 0.241 e. The Labute approximate surface area is 117 Å². The molecule has 2 heterocycles. The first kappa shape index (κ1) is 13.1. The summed E-state index contributed by atoms with van der Waals surface area (Å²) < 4.78 is 5.84. The molecule has 0 bridgehead atoms. The molecule has 1 aromatic heterocycles. The van der Waals surface area contributed by atoms with E-state index in [0.29, 0.717) is 18.4 Å². The lowest BCUT2D eigenvalue weighted by Crippen LogP contribution is -2.25. The van der Waals surface area contributed by atoms with Crippen molar-refractivity contribution in [3.63, 3.8) is 0 Å². The fourth-order valence-corrected chi connectivity index (χ4v) is 2.50. The second-order valence-electron chi connectivity index (χ2n) is 4.91. The lowest BCUT2D eigenvalue weighted by molar-refractivity contribution is 0.234. The van der Waals surface area contributed by atoms with Gasteiger partial charge < -0.3 is 4.74 Å². The Hall–Kier alpha value is -1.92. The third-order valence-corrected chi connectivity index (χ3v) is 3.54. The molecule has 1 fully saturated rings. The van der Waals surface area contributed by atoms with E-state index in [0.717, 1.165) is 17.4 Å². The van der Waals surface area contributed by atoms with Crippen molar-refractivity contribution in [1.82, 2.24) is 14.9 Å².